The molecule has 68 valence electrons. The minimum Gasteiger partial charge on any atom is -0.362 e. The second-order valence-corrected chi connectivity index (χ2v) is 2.85. The first-order chi connectivity index (χ1) is 6.29. The van der Waals surface area contributed by atoms with Crippen LogP contribution in [0.5, 0.6) is 0 Å². The van der Waals surface area contributed by atoms with Crippen LogP contribution in [0.4, 0.5) is 5.69 Å². The summed E-state index contributed by atoms with van der Waals surface area (Å²) in [5.41, 5.74) is 3.39. The molecule has 1 N–H and O–H groups in total. The molecule has 0 saturated carbocycles. The topological polar surface area (TPSA) is 12.0 Å². The molecular formula is C12H15N. The van der Waals surface area contributed by atoms with E-state index in [4.69, 9.17) is 0 Å². The van der Waals surface area contributed by atoms with E-state index in [-0.39, 0.29) is 0 Å². The molecule has 0 saturated heterocycles. The van der Waals surface area contributed by atoms with Crippen molar-refractivity contribution < 1.29 is 0 Å². The Labute approximate surface area is 79.8 Å². The summed E-state index contributed by atoms with van der Waals surface area (Å²) in [5, 5.41) is 3.09. The molecule has 0 aliphatic rings. The van der Waals surface area contributed by atoms with Crippen LogP contribution >= 0.6 is 0 Å². The van der Waals surface area contributed by atoms with E-state index in [1.165, 1.54) is 5.56 Å². The Morgan fingerprint density at radius 2 is 2.15 bits per heavy atom. The van der Waals surface area contributed by atoms with E-state index in [2.05, 4.69) is 31.5 Å². The lowest BCUT2D eigenvalue weighted by molar-refractivity contribution is 1.24. The van der Waals surface area contributed by atoms with Crippen molar-refractivity contribution in [1.29, 1.82) is 0 Å². The Bertz CT molecular complexity index is 313. The van der Waals surface area contributed by atoms with Crippen molar-refractivity contribution in [1.82, 2.24) is 0 Å². The molecule has 1 aromatic carbocycles. The van der Waals surface area contributed by atoms with Gasteiger partial charge in [-0.1, -0.05) is 38.3 Å². The van der Waals surface area contributed by atoms with Gasteiger partial charge < -0.3 is 5.32 Å². The van der Waals surface area contributed by atoms with Crippen LogP contribution in [0.3, 0.4) is 0 Å². The number of para-hydroxylation sites is 1. The molecule has 0 fully saturated rings. The van der Waals surface area contributed by atoms with Gasteiger partial charge in [-0.25, -0.2) is 0 Å². The fourth-order valence-electron chi connectivity index (χ4n) is 1.22. The second kappa shape index (κ2) is 4.51. The zero-order chi connectivity index (χ0) is 9.68. The molecule has 1 heteroatoms. The molecule has 0 radical (unpaired) electrons. The highest BCUT2D eigenvalue weighted by atomic mass is 14.8. The minimum atomic E-state index is 0.968. The van der Waals surface area contributed by atoms with Gasteiger partial charge in [0.25, 0.3) is 0 Å². The van der Waals surface area contributed by atoms with E-state index in [9.17, 15) is 0 Å². The molecule has 0 heterocycles. The molecule has 0 aromatic heterocycles. The molecule has 0 aliphatic heterocycles. The van der Waals surface area contributed by atoms with Gasteiger partial charge in [-0.2, -0.15) is 0 Å². The maximum atomic E-state index is 4.01. The van der Waals surface area contributed by atoms with E-state index in [1.807, 2.05) is 18.2 Å². The van der Waals surface area contributed by atoms with Crippen LogP contribution < -0.4 is 5.32 Å². The highest BCUT2D eigenvalue weighted by Crippen LogP contribution is 2.24. The van der Waals surface area contributed by atoms with Gasteiger partial charge in [-0.15, -0.1) is 0 Å². The first-order valence-corrected chi connectivity index (χ1v) is 4.44. The molecule has 0 unspecified atom stereocenters. The first kappa shape index (κ1) is 9.59. The number of allylic oxidation sites excluding steroid dienone is 1. The standard InChI is InChI=1S/C12H15N/c1-4-10(3)11-8-6-7-9-12(11)13-5-2/h5-9,13H,2-4H2,1H3. The number of hydrogen-bond acceptors (Lipinski definition) is 1. The Balaban J connectivity index is 3.03. The molecule has 0 bridgehead atoms. The lowest BCUT2D eigenvalue weighted by Gasteiger charge is -2.09. The molecule has 0 amide bonds. The summed E-state index contributed by atoms with van der Waals surface area (Å²) in [5.74, 6) is 0. The lowest BCUT2D eigenvalue weighted by Crippen LogP contribution is -1.92. The molecule has 0 atom stereocenters. The van der Waals surface area contributed by atoms with Gasteiger partial charge in [0.1, 0.15) is 0 Å². The third-order valence-electron chi connectivity index (χ3n) is 1.99. The zero-order valence-corrected chi connectivity index (χ0v) is 8.01. The predicted molar refractivity (Wildman–Crippen MR) is 59.6 cm³/mol. The van der Waals surface area contributed by atoms with Crippen LogP contribution in [0.1, 0.15) is 18.9 Å². The Morgan fingerprint density at radius 1 is 1.46 bits per heavy atom. The number of nitrogens with one attached hydrogen (secondary N) is 1. The molecule has 13 heavy (non-hydrogen) atoms. The summed E-state index contributed by atoms with van der Waals surface area (Å²) in [4.78, 5) is 0. The van der Waals surface area contributed by atoms with Crippen LogP contribution in [-0.4, -0.2) is 0 Å². The Morgan fingerprint density at radius 3 is 2.77 bits per heavy atom. The molecule has 1 nitrogen and oxygen atoms in total. The fraction of sp³-hybridized carbons (Fsp3) is 0.167. The zero-order valence-electron chi connectivity index (χ0n) is 8.01. The van der Waals surface area contributed by atoms with Crippen LogP contribution in [-0.2, 0) is 0 Å². The predicted octanol–water partition coefficient (Wildman–Crippen LogP) is 3.67. The van der Waals surface area contributed by atoms with Gasteiger partial charge in [0.15, 0.2) is 0 Å². The highest BCUT2D eigenvalue weighted by molar-refractivity contribution is 5.75. The third-order valence-corrected chi connectivity index (χ3v) is 1.99. The Kier molecular flexibility index (Phi) is 3.32. The van der Waals surface area contributed by atoms with Crippen molar-refractivity contribution in [3.05, 3.63) is 49.2 Å². The Hall–Kier alpha value is -1.50. The average molecular weight is 173 g/mol. The van der Waals surface area contributed by atoms with Gasteiger partial charge in [0, 0.05) is 11.3 Å². The fourth-order valence-corrected chi connectivity index (χ4v) is 1.22. The molecular weight excluding hydrogens is 158 g/mol. The van der Waals surface area contributed by atoms with Gasteiger partial charge in [-0.05, 0) is 24.3 Å². The van der Waals surface area contributed by atoms with Crippen molar-refractivity contribution >= 4 is 11.3 Å². The monoisotopic (exact) mass is 173 g/mol. The number of hydrogen-bond donors (Lipinski definition) is 1. The molecule has 0 spiro atoms. The lowest BCUT2D eigenvalue weighted by atomic mass is 10.0. The maximum absolute atomic E-state index is 4.01. The second-order valence-electron chi connectivity index (χ2n) is 2.85. The average Bonchev–Trinajstić information content (AvgIpc) is 2.18. The quantitative estimate of drug-likeness (QED) is 0.732. The number of benzene rings is 1. The largest absolute Gasteiger partial charge is 0.362 e. The van der Waals surface area contributed by atoms with Crippen LogP contribution in [0.15, 0.2) is 43.6 Å². The van der Waals surface area contributed by atoms with Crippen molar-refractivity contribution in [2.45, 2.75) is 13.3 Å². The number of anilines is 1. The normalized spacial score (nSPS) is 9.31. The van der Waals surface area contributed by atoms with Crippen molar-refractivity contribution in [2.24, 2.45) is 0 Å². The summed E-state index contributed by atoms with van der Waals surface area (Å²) in [6.07, 6.45) is 2.65. The van der Waals surface area contributed by atoms with Crippen LogP contribution in [0.25, 0.3) is 5.57 Å². The van der Waals surface area contributed by atoms with Crippen molar-refractivity contribution in [3.63, 3.8) is 0 Å². The first-order valence-electron chi connectivity index (χ1n) is 4.44. The number of rotatable bonds is 4. The van der Waals surface area contributed by atoms with E-state index in [0.717, 1.165) is 17.7 Å². The van der Waals surface area contributed by atoms with E-state index in [1.54, 1.807) is 6.20 Å². The van der Waals surface area contributed by atoms with Gasteiger partial charge >= 0.3 is 0 Å². The SMILES string of the molecule is C=CNc1ccccc1C(=C)CC. The van der Waals surface area contributed by atoms with Gasteiger partial charge in [0.2, 0.25) is 0 Å². The van der Waals surface area contributed by atoms with Gasteiger partial charge in [0.05, 0.1) is 0 Å². The molecule has 0 aliphatic carbocycles. The summed E-state index contributed by atoms with van der Waals surface area (Å²) in [6, 6.07) is 8.11. The molecule has 1 rings (SSSR count). The summed E-state index contributed by atoms with van der Waals surface area (Å²) in [6.45, 7) is 9.76. The highest BCUT2D eigenvalue weighted by Gasteiger charge is 2.01. The minimum absolute atomic E-state index is 0.968. The summed E-state index contributed by atoms with van der Waals surface area (Å²) >= 11 is 0. The maximum Gasteiger partial charge on any atom is 0.0455 e. The third kappa shape index (κ3) is 2.22. The van der Waals surface area contributed by atoms with E-state index < -0.39 is 0 Å². The van der Waals surface area contributed by atoms with Crippen LogP contribution in [0, 0.1) is 0 Å². The van der Waals surface area contributed by atoms with Crippen molar-refractivity contribution in [2.75, 3.05) is 5.32 Å². The van der Waals surface area contributed by atoms with Crippen LogP contribution in [0.2, 0.25) is 0 Å². The van der Waals surface area contributed by atoms with Gasteiger partial charge in [-0.3, -0.25) is 0 Å². The summed E-state index contributed by atoms with van der Waals surface area (Å²) in [7, 11) is 0. The molecule has 1 aromatic rings. The smallest absolute Gasteiger partial charge is 0.0455 e. The van der Waals surface area contributed by atoms with E-state index >= 15 is 0 Å². The summed E-state index contributed by atoms with van der Waals surface area (Å²) < 4.78 is 0. The van der Waals surface area contributed by atoms with E-state index in [0.29, 0.717) is 0 Å². The van der Waals surface area contributed by atoms with Crippen molar-refractivity contribution in [3.8, 4) is 0 Å².